The predicted molar refractivity (Wildman–Crippen MR) is 68.1 cm³/mol. The van der Waals surface area contributed by atoms with E-state index in [4.69, 9.17) is 10.2 Å². The summed E-state index contributed by atoms with van der Waals surface area (Å²) in [7, 11) is 0. The Balaban J connectivity index is 1.65. The van der Waals surface area contributed by atoms with Crippen LogP contribution in [-0.4, -0.2) is 27.7 Å². The molecule has 3 rings (SSSR count). The zero-order valence-electron chi connectivity index (χ0n) is 10.1. The number of oxazole rings is 1. The smallest absolute Gasteiger partial charge is 0.255 e. The van der Waals surface area contributed by atoms with Crippen LogP contribution in [-0.2, 0) is 4.79 Å². The van der Waals surface area contributed by atoms with E-state index in [0.29, 0.717) is 16.5 Å². The maximum Gasteiger partial charge on any atom is 0.255 e. The van der Waals surface area contributed by atoms with E-state index >= 15 is 0 Å². The Morgan fingerprint density at radius 1 is 1.56 bits per heavy atom. The first-order chi connectivity index (χ1) is 8.68. The molecular formula is C12H17N3O2S. The van der Waals surface area contributed by atoms with E-state index in [1.807, 2.05) is 0 Å². The quantitative estimate of drug-likeness (QED) is 0.840. The topological polar surface area (TPSA) is 81.2 Å². The normalized spacial score (nSPS) is 31.7. The van der Waals surface area contributed by atoms with E-state index in [1.165, 1.54) is 0 Å². The largest absolute Gasteiger partial charge is 0.440 e. The number of primary amides is 1. The van der Waals surface area contributed by atoms with Crippen molar-refractivity contribution in [3.63, 3.8) is 0 Å². The zero-order chi connectivity index (χ0) is 12.6. The van der Waals surface area contributed by atoms with Gasteiger partial charge < -0.3 is 15.5 Å². The minimum atomic E-state index is -0.509. The van der Waals surface area contributed by atoms with Crippen molar-refractivity contribution < 1.29 is 9.21 Å². The second-order valence-electron chi connectivity index (χ2n) is 5.15. The van der Waals surface area contributed by atoms with Crippen molar-refractivity contribution in [3.05, 3.63) is 12.5 Å². The second-order valence-corrected chi connectivity index (χ2v) is 6.40. The number of carbonyl (C=O) groups is 1. The maximum absolute atomic E-state index is 11.7. The zero-order valence-corrected chi connectivity index (χ0v) is 10.9. The summed E-state index contributed by atoms with van der Waals surface area (Å²) in [6.45, 7) is 0. The number of nitrogens with zero attached hydrogens (tertiary/aromatic N) is 1. The average Bonchev–Trinajstić information content (AvgIpc) is 2.84. The maximum atomic E-state index is 11.7. The van der Waals surface area contributed by atoms with Crippen molar-refractivity contribution in [1.29, 1.82) is 0 Å². The SMILES string of the molecule is NC(=O)C1(NC2CC2)CCC(Sc2ncco2)C1. The molecule has 1 aromatic rings. The molecule has 0 saturated heterocycles. The minimum Gasteiger partial charge on any atom is -0.440 e. The van der Waals surface area contributed by atoms with Crippen LogP contribution in [0.4, 0.5) is 0 Å². The standard InChI is InChI=1S/C12H17N3O2S/c13-10(16)12(15-8-1-2-8)4-3-9(7-12)18-11-14-5-6-17-11/h5-6,8-9,15H,1-4,7H2,(H2,13,16). The van der Waals surface area contributed by atoms with E-state index < -0.39 is 5.54 Å². The van der Waals surface area contributed by atoms with Gasteiger partial charge in [-0.15, -0.1) is 0 Å². The fourth-order valence-corrected chi connectivity index (χ4v) is 3.68. The number of amides is 1. The lowest BCUT2D eigenvalue weighted by molar-refractivity contribution is -0.124. The van der Waals surface area contributed by atoms with Crippen molar-refractivity contribution in [3.8, 4) is 0 Å². The highest BCUT2D eigenvalue weighted by Gasteiger charge is 2.47. The number of nitrogens with one attached hydrogen (secondary N) is 1. The first kappa shape index (κ1) is 12.0. The Bertz CT molecular complexity index is 433. The van der Waals surface area contributed by atoms with Crippen LogP contribution in [0.5, 0.6) is 0 Å². The van der Waals surface area contributed by atoms with E-state index in [1.54, 1.807) is 24.2 Å². The summed E-state index contributed by atoms with van der Waals surface area (Å²) >= 11 is 1.60. The van der Waals surface area contributed by atoms with Crippen LogP contribution in [0.3, 0.4) is 0 Å². The number of hydrogen-bond acceptors (Lipinski definition) is 5. The van der Waals surface area contributed by atoms with Crippen LogP contribution in [0.1, 0.15) is 32.1 Å². The van der Waals surface area contributed by atoms with E-state index in [-0.39, 0.29) is 5.91 Å². The summed E-state index contributed by atoms with van der Waals surface area (Å²) in [5, 5.41) is 4.46. The highest BCUT2D eigenvalue weighted by atomic mass is 32.2. The van der Waals surface area contributed by atoms with Crippen molar-refractivity contribution in [2.75, 3.05) is 0 Å². The van der Waals surface area contributed by atoms with Crippen LogP contribution < -0.4 is 11.1 Å². The number of nitrogens with two attached hydrogens (primary N) is 1. The third kappa shape index (κ3) is 2.40. The molecule has 0 aliphatic heterocycles. The molecule has 2 aliphatic carbocycles. The van der Waals surface area contributed by atoms with Gasteiger partial charge in [0.05, 0.1) is 11.7 Å². The molecule has 1 amide bonds. The molecule has 0 bridgehead atoms. The molecule has 5 nitrogen and oxygen atoms in total. The molecule has 98 valence electrons. The van der Waals surface area contributed by atoms with Crippen molar-refractivity contribution in [1.82, 2.24) is 10.3 Å². The molecule has 2 saturated carbocycles. The predicted octanol–water partition coefficient (Wildman–Crippen LogP) is 1.30. The molecule has 3 N–H and O–H groups in total. The van der Waals surface area contributed by atoms with Gasteiger partial charge in [-0.05, 0) is 32.1 Å². The number of aromatic nitrogens is 1. The van der Waals surface area contributed by atoms with Crippen LogP contribution >= 0.6 is 11.8 Å². The molecule has 1 aromatic heterocycles. The number of thioether (sulfide) groups is 1. The summed E-state index contributed by atoms with van der Waals surface area (Å²) in [4.78, 5) is 15.9. The summed E-state index contributed by atoms with van der Waals surface area (Å²) in [6.07, 6.45) is 8.08. The monoisotopic (exact) mass is 267 g/mol. The molecule has 2 fully saturated rings. The van der Waals surface area contributed by atoms with Crippen molar-refractivity contribution >= 4 is 17.7 Å². The molecule has 18 heavy (non-hydrogen) atoms. The molecule has 0 radical (unpaired) electrons. The van der Waals surface area contributed by atoms with Gasteiger partial charge in [-0.2, -0.15) is 0 Å². The molecule has 0 aromatic carbocycles. The van der Waals surface area contributed by atoms with Gasteiger partial charge in [0.25, 0.3) is 5.22 Å². The van der Waals surface area contributed by atoms with Crippen molar-refractivity contribution in [2.45, 2.75) is 54.2 Å². The molecule has 0 spiro atoms. The molecule has 2 unspecified atom stereocenters. The number of carbonyl (C=O) groups excluding carboxylic acids is 1. The first-order valence-corrected chi connectivity index (χ1v) is 7.20. The van der Waals surface area contributed by atoms with Gasteiger partial charge >= 0.3 is 0 Å². The van der Waals surface area contributed by atoms with Gasteiger partial charge in [-0.25, -0.2) is 4.98 Å². The molecular weight excluding hydrogens is 250 g/mol. The van der Waals surface area contributed by atoms with Gasteiger partial charge in [0, 0.05) is 11.3 Å². The van der Waals surface area contributed by atoms with Crippen LogP contribution in [0.2, 0.25) is 0 Å². The summed E-state index contributed by atoms with van der Waals surface area (Å²) in [6, 6.07) is 0.489. The lowest BCUT2D eigenvalue weighted by atomic mass is 9.96. The lowest BCUT2D eigenvalue weighted by Gasteiger charge is -2.27. The lowest BCUT2D eigenvalue weighted by Crippen LogP contribution is -2.54. The number of rotatable bonds is 5. The Labute approximate surface area is 110 Å². The van der Waals surface area contributed by atoms with Crippen molar-refractivity contribution in [2.24, 2.45) is 5.73 Å². The highest BCUT2D eigenvalue weighted by molar-refractivity contribution is 7.99. The second kappa shape index (κ2) is 4.59. The number of hydrogen-bond donors (Lipinski definition) is 2. The average molecular weight is 267 g/mol. The molecule has 2 atom stereocenters. The molecule has 2 aliphatic rings. The summed E-state index contributed by atoms with van der Waals surface area (Å²) < 4.78 is 5.23. The third-order valence-electron chi connectivity index (χ3n) is 3.68. The Morgan fingerprint density at radius 3 is 3.00 bits per heavy atom. The summed E-state index contributed by atoms with van der Waals surface area (Å²) in [5.74, 6) is -0.218. The Morgan fingerprint density at radius 2 is 2.39 bits per heavy atom. The van der Waals surface area contributed by atoms with Gasteiger partial charge in [-0.3, -0.25) is 4.79 Å². The molecule has 6 heteroatoms. The summed E-state index contributed by atoms with van der Waals surface area (Å²) in [5.41, 5.74) is 5.09. The minimum absolute atomic E-state index is 0.218. The van der Waals surface area contributed by atoms with E-state index in [2.05, 4.69) is 10.3 Å². The van der Waals surface area contributed by atoms with Crippen LogP contribution in [0, 0.1) is 0 Å². The van der Waals surface area contributed by atoms with E-state index in [9.17, 15) is 4.79 Å². The van der Waals surface area contributed by atoms with Gasteiger partial charge in [0.15, 0.2) is 0 Å². The van der Waals surface area contributed by atoms with Gasteiger partial charge in [0.1, 0.15) is 6.26 Å². The highest BCUT2D eigenvalue weighted by Crippen LogP contribution is 2.41. The Kier molecular flexibility index (Phi) is 3.07. The van der Waals surface area contributed by atoms with Crippen LogP contribution in [0.15, 0.2) is 22.1 Å². The fraction of sp³-hybridized carbons (Fsp3) is 0.667. The first-order valence-electron chi connectivity index (χ1n) is 6.32. The third-order valence-corrected chi connectivity index (χ3v) is 4.81. The Hall–Kier alpha value is -1.01. The van der Waals surface area contributed by atoms with Crippen LogP contribution in [0.25, 0.3) is 0 Å². The van der Waals surface area contributed by atoms with E-state index in [0.717, 1.165) is 32.1 Å². The van der Waals surface area contributed by atoms with Gasteiger partial charge in [-0.1, -0.05) is 11.8 Å². The van der Waals surface area contributed by atoms with Gasteiger partial charge in [0.2, 0.25) is 5.91 Å². The fourth-order valence-electron chi connectivity index (χ4n) is 2.56. The molecule has 1 heterocycles.